The lowest BCUT2D eigenvalue weighted by Crippen LogP contribution is -2.39. The molecule has 1 aliphatic rings. The Morgan fingerprint density at radius 1 is 1.35 bits per heavy atom. The number of amides is 1. The molecule has 122 valence electrons. The number of hydrogen-bond donors (Lipinski definition) is 0. The molecule has 1 aromatic carbocycles. The van der Waals surface area contributed by atoms with E-state index in [1.54, 1.807) is 25.1 Å². The molecule has 0 unspecified atom stereocenters. The van der Waals surface area contributed by atoms with Crippen molar-refractivity contribution in [3.63, 3.8) is 0 Å². The topological polar surface area (TPSA) is 46.3 Å². The summed E-state index contributed by atoms with van der Waals surface area (Å²) >= 11 is 12.5. The highest BCUT2D eigenvalue weighted by atomic mass is 35.5. The predicted molar refractivity (Wildman–Crippen MR) is 91.0 cm³/mol. The van der Waals surface area contributed by atoms with Crippen molar-refractivity contribution in [2.75, 3.05) is 13.1 Å². The Balaban J connectivity index is 2.04. The van der Waals surface area contributed by atoms with Crippen molar-refractivity contribution in [1.82, 2.24) is 10.1 Å². The second-order valence-corrected chi connectivity index (χ2v) is 6.87. The van der Waals surface area contributed by atoms with E-state index in [1.165, 1.54) is 0 Å². The molecule has 1 fully saturated rings. The molecule has 3 rings (SSSR count). The lowest BCUT2D eigenvalue weighted by atomic mass is 9.98. The summed E-state index contributed by atoms with van der Waals surface area (Å²) < 4.78 is 5.28. The largest absolute Gasteiger partial charge is 0.360 e. The van der Waals surface area contributed by atoms with Gasteiger partial charge in [0.05, 0.1) is 10.0 Å². The first-order chi connectivity index (χ1) is 11.0. The number of carbonyl (C=O) groups excluding carboxylic acids is 1. The highest BCUT2D eigenvalue weighted by Gasteiger charge is 2.30. The van der Waals surface area contributed by atoms with E-state index in [1.807, 2.05) is 4.90 Å². The minimum absolute atomic E-state index is 0.0683. The number of rotatable bonds is 2. The molecule has 1 aliphatic heterocycles. The summed E-state index contributed by atoms with van der Waals surface area (Å²) in [5.41, 5.74) is 1.41. The maximum atomic E-state index is 13.0. The van der Waals surface area contributed by atoms with Gasteiger partial charge in [-0.3, -0.25) is 4.79 Å². The smallest absolute Gasteiger partial charge is 0.259 e. The number of hydrogen-bond acceptors (Lipinski definition) is 3. The molecule has 0 radical (unpaired) electrons. The molecule has 1 saturated heterocycles. The van der Waals surface area contributed by atoms with E-state index in [4.69, 9.17) is 27.7 Å². The zero-order valence-electron chi connectivity index (χ0n) is 13.1. The quantitative estimate of drug-likeness (QED) is 0.777. The van der Waals surface area contributed by atoms with Gasteiger partial charge >= 0.3 is 0 Å². The molecular formula is C17H18Cl2N2O2. The van der Waals surface area contributed by atoms with Crippen LogP contribution in [0.3, 0.4) is 0 Å². The maximum absolute atomic E-state index is 13.0. The van der Waals surface area contributed by atoms with Crippen LogP contribution in [0.2, 0.25) is 10.0 Å². The Labute approximate surface area is 145 Å². The number of likely N-dealkylation sites (tertiary alicyclic amines) is 1. The Morgan fingerprint density at radius 2 is 2.04 bits per heavy atom. The highest BCUT2D eigenvalue weighted by molar-refractivity contribution is 6.39. The Hall–Kier alpha value is -1.52. The average molecular weight is 353 g/mol. The van der Waals surface area contributed by atoms with Gasteiger partial charge in [-0.25, -0.2) is 0 Å². The molecule has 0 bridgehead atoms. The van der Waals surface area contributed by atoms with Gasteiger partial charge in [0.15, 0.2) is 0 Å². The van der Waals surface area contributed by atoms with Crippen molar-refractivity contribution in [2.45, 2.75) is 26.7 Å². The van der Waals surface area contributed by atoms with Crippen molar-refractivity contribution in [3.8, 4) is 11.3 Å². The molecule has 1 aromatic heterocycles. The van der Waals surface area contributed by atoms with Gasteiger partial charge in [-0.2, -0.15) is 0 Å². The van der Waals surface area contributed by atoms with Crippen LogP contribution >= 0.6 is 23.2 Å². The maximum Gasteiger partial charge on any atom is 0.259 e. The van der Waals surface area contributed by atoms with Crippen LogP contribution in [0, 0.1) is 12.8 Å². The van der Waals surface area contributed by atoms with Gasteiger partial charge in [0, 0.05) is 18.7 Å². The molecule has 0 spiro atoms. The van der Waals surface area contributed by atoms with Crippen molar-refractivity contribution >= 4 is 29.1 Å². The van der Waals surface area contributed by atoms with Gasteiger partial charge in [-0.1, -0.05) is 41.3 Å². The van der Waals surface area contributed by atoms with Crippen molar-refractivity contribution in [3.05, 3.63) is 39.6 Å². The van der Waals surface area contributed by atoms with Crippen LogP contribution in [-0.4, -0.2) is 29.1 Å². The summed E-state index contributed by atoms with van der Waals surface area (Å²) in [6.45, 7) is 5.40. The standard InChI is InChI=1S/C17H18Cl2N2O2/c1-10-5-4-8-21(9-10)17(22)14-11(2)23-20-16(14)15-12(18)6-3-7-13(15)19/h3,6-7,10H,4-5,8-9H2,1-2H3/t10-/m1/s1. The summed E-state index contributed by atoms with van der Waals surface area (Å²) in [4.78, 5) is 14.8. The number of aryl methyl sites for hydroxylation is 1. The number of aromatic nitrogens is 1. The van der Waals surface area contributed by atoms with Crippen molar-refractivity contribution in [2.24, 2.45) is 5.92 Å². The SMILES string of the molecule is Cc1onc(-c2c(Cl)cccc2Cl)c1C(=O)N1CCC[C@@H](C)C1. The first-order valence-electron chi connectivity index (χ1n) is 7.69. The fraction of sp³-hybridized carbons (Fsp3) is 0.412. The Bertz CT molecular complexity index is 722. The van der Waals surface area contributed by atoms with Crippen LogP contribution in [0.15, 0.2) is 22.7 Å². The molecule has 2 aromatic rings. The number of carbonyl (C=O) groups is 1. The van der Waals surface area contributed by atoms with Crippen LogP contribution in [0.1, 0.15) is 35.9 Å². The molecule has 0 aliphatic carbocycles. The molecular weight excluding hydrogens is 335 g/mol. The van der Waals surface area contributed by atoms with E-state index in [0.29, 0.717) is 38.5 Å². The van der Waals surface area contributed by atoms with E-state index >= 15 is 0 Å². The fourth-order valence-corrected chi connectivity index (χ4v) is 3.63. The van der Waals surface area contributed by atoms with E-state index in [2.05, 4.69) is 12.1 Å². The zero-order chi connectivity index (χ0) is 16.6. The van der Waals surface area contributed by atoms with Gasteiger partial charge in [-0.05, 0) is 37.8 Å². The molecule has 4 nitrogen and oxygen atoms in total. The lowest BCUT2D eigenvalue weighted by Gasteiger charge is -2.31. The van der Waals surface area contributed by atoms with Gasteiger partial charge in [0.2, 0.25) is 0 Å². The third-order valence-electron chi connectivity index (χ3n) is 4.22. The monoisotopic (exact) mass is 352 g/mol. The Morgan fingerprint density at radius 3 is 2.70 bits per heavy atom. The molecule has 1 atom stereocenters. The van der Waals surface area contributed by atoms with Gasteiger partial charge in [-0.15, -0.1) is 0 Å². The minimum Gasteiger partial charge on any atom is -0.360 e. The van der Waals surface area contributed by atoms with Crippen molar-refractivity contribution in [1.29, 1.82) is 0 Å². The molecule has 0 N–H and O–H groups in total. The summed E-state index contributed by atoms with van der Waals surface area (Å²) in [6, 6.07) is 5.21. The molecule has 0 saturated carbocycles. The van der Waals surface area contributed by atoms with Crippen molar-refractivity contribution < 1.29 is 9.32 Å². The van der Waals surface area contributed by atoms with Gasteiger partial charge < -0.3 is 9.42 Å². The summed E-state index contributed by atoms with van der Waals surface area (Å²) in [5, 5.41) is 4.95. The van der Waals surface area contributed by atoms with Crippen LogP contribution < -0.4 is 0 Å². The van der Waals surface area contributed by atoms with E-state index < -0.39 is 0 Å². The first kappa shape index (κ1) is 16.3. The first-order valence-corrected chi connectivity index (χ1v) is 8.44. The molecule has 1 amide bonds. The third kappa shape index (κ3) is 3.10. The van der Waals surface area contributed by atoms with E-state index in [-0.39, 0.29) is 5.91 Å². The molecule has 23 heavy (non-hydrogen) atoms. The lowest BCUT2D eigenvalue weighted by molar-refractivity contribution is 0.0682. The highest BCUT2D eigenvalue weighted by Crippen LogP contribution is 2.37. The number of halogens is 2. The van der Waals surface area contributed by atoms with E-state index in [9.17, 15) is 4.79 Å². The second-order valence-electron chi connectivity index (χ2n) is 6.06. The van der Waals surface area contributed by atoms with Crippen LogP contribution in [0.5, 0.6) is 0 Å². The fourth-order valence-electron chi connectivity index (χ4n) is 3.05. The Kier molecular flexibility index (Phi) is 4.64. The minimum atomic E-state index is -0.0683. The summed E-state index contributed by atoms with van der Waals surface area (Å²) in [5.74, 6) is 0.917. The van der Waals surface area contributed by atoms with Gasteiger partial charge in [0.1, 0.15) is 17.0 Å². The van der Waals surface area contributed by atoms with E-state index in [0.717, 1.165) is 25.9 Å². The zero-order valence-corrected chi connectivity index (χ0v) is 14.6. The average Bonchev–Trinajstić information content (AvgIpc) is 2.88. The summed E-state index contributed by atoms with van der Waals surface area (Å²) in [6.07, 6.45) is 2.16. The van der Waals surface area contributed by atoms with Crippen LogP contribution in [-0.2, 0) is 0 Å². The predicted octanol–water partition coefficient (Wildman–Crippen LogP) is 4.83. The number of nitrogens with zero attached hydrogens (tertiary/aromatic N) is 2. The number of piperidine rings is 1. The summed E-state index contributed by atoms with van der Waals surface area (Å²) in [7, 11) is 0. The normalized spacial score (nSPS) is 18.3. The van der Waals surface area contributed by atoms with Crippen LogP contribution in [0.25, 0.3) is 11.3 Å². The molecule has 2 heterocycles. The van der Waals surface area contributed by atoms with Gasteiger partial charge in [0.25, 0.3) is 5.91 Å². The van der Waals surface area contributed by atoms with Crippen LogP contribution in [0.4, 0.5) is 0 Å². The second kappa shape index (κ2) is 6.54. The third-order valence-corrected chi connectivity index (χ3v) is 4.85. The molecule has 6 heteroatoms. The number of benzene rings is 1.